The standard InChI is InChI=1S/C13H19N3O3S.ClH/c1-9(8-14)13(17)16-6-5-10-3-4-11(7-12(10)16)20(18,19)15-2;/h3-4,7,9,15H,5-6,8,14H2,1-2H3;1H. The van der Waals surface area contributed by atoms with Crippen molar-refractivity contribution in [3.05, 3.63) is 23.8 Å². The Hall–Kier alpha value is -1.15. The summed E-state index contributed by atoms with van der Waals surface area (Å²) < 4.78 is 25.9. The third-order valence-electron chi connectivity index (χ3n) is 3.57. The number of nitrogens with zero attached hydrogens (tertiary/aromatic N) is 1. The number of anilines is 1. The van der Waals surface area contributed by atoms with Crippen molar-refractivity contribution in [3.8, 4) is 0 Å². The predicted molar refractivity (Wildman–Crippen MR) is 84.2 cm³/mol. The summed E-state index contributed by atoms with van der Waals surface area (Å²) in [6.07, 6.45) is 0.734. The summed E-state index contributed by atoms with van der Waals surface area (Å²) >= 11 is 0. The number of sulfonamides is 1. The van der Waals surface area contributed by atoms with E-state index in [2.05, 4.69) is 4.72 Å². The molecule has 1 aromatic carbocycles. The highest BCUT2D eigenvalue weighted by atomic mass is 35.5. The van der Waals surface area contributed by atoms with Crippen molar-refractivity contribution in [1.82, 2.24) is 4.72 Å². The lowest BCUT2D eigenvalue weighted by Gasteiger charge is -2.21. The third kappa shape index (κ3) is 3.37. The molecule has 0 aliphatic carbocycles. The predicted octanol–water partition coefficient (Wildman–Crippen LogP) is 0.500. The zero-order valence-corrected chi connectivity index (χ0v) is 13.6. The minimum absolute atomic E-state index is 0. The average Bonchev–Trinajstić information content (AvgIpc) is 2.88. The summed E-state index contributed by atoms with van der Waals surface area (Å²) in [5.74, 6) is -0.337. The Balaban J connectivity index is 0.00000220. The molecule has 0 saturated carbocycles. The van der Waals surface area contributed by atoms with E-state index in [1.54, 1.807) is 30.0 Å². The van der Waals surface area contributed by atoms with Crippen molar-refractivity contribution in [3.63, 3.8) is 0 Å². The quantitative estimate of drug-likeness (QED) is 0.839. The summed E-state index contributed by atoms with van der Waals surface area (Å²) in [6, 6.07) is 4.88. The van der Waals surface area contributed by atoms with Gasteiger partial charge in [-0.15, -0.1) is 12.4 Å². The second-order valence-electron chi connectivity index (χ2n) is 4.87. The van der Waals surface area contributed by atoms with E-state index in [4.69, 9.17) is 5.73 Å². The van der Waals surface area contributed by atoms with Gasteiger partial charge in [0.1, 0.15) is 0 Å². The van der Waals surface area contributed by atoms with Crippen LogP contribution in [0.5, 0.6) is 0 Å². The fourth-order valence-electron chi connectivity index (χ4n) is 2.24. The number of hydrogen-bond donors (Lipinski definition) is 2. The van der Waals surface area contributed by atoms with E-state index in [1.807, 2.05) is 0 Å². The number of nitrogens with two attached hydrogens (primary N) is 1. The van der Waals surface area contributed by atoms with Crippen molar-refractivity contribution in [2.45, 2.75) is 18.2 Å². The molecule has 1 aliphatic rings. The van der Waals surface area contributed by atoms with Crippen molar-refractivity contribution in [2.75, 3.05) is 25.0 Å². The summed E-state index contributed by atoms with van der Waals surface area (Å²) in [7, 11) is -2.14. The number of hydrogen-bond acceptors (Lipinski definition) is 4. The van der Waals surface area contributed by atoms with Crippen molar-refractivity contribution >= 4 is 34.0 Å². The van der Waals surface area contributed by atoms with Gasteiger partial charge >= 0.3 is 0 Å². The summed E-state index contributed by atoms with van der Waals surface area (Å²) in [5.41, 5.74) is 7.18. The number of benzene rings is 1. The Labute approximate surface area is 131 Å². The Kier molecular flexibility index (Phi) is 5.75. The number of carbonyl (C=O) groups excluding carboxylic acids is 1. The molecule has 0 spiro atoms. The van der Waals surface area contributed by atoms with Gasteiger partial charge in [0.05, 0.1) is 4.90 Å². The van der Waals surface area contributed by atoms with Crippen LogP contribution < -0.4 is 15.4 Å². The van der Waals surface area contributed by atoms with Gasteiger partial charge in [0.2, 0.25) is 15.9 Å². The molecule has 8 heteroatoms. The smallest absolute Gasteiger partial charge is 0.240 e. The van der Waals surface area contributed by atoms with Crippen LogP contribution in [0.2, 0.25) is 0 Å². The highest BCUT2D eigenvalue weighted by molar-refractivity contribution is 7.89. The van der Waals surface area contributed by atoms with Crippen molar-refractivity contribution < 1.29 is 13.2 Å². The maximum atomic E-state index is 12.3. The SMILES string of the molecule is CNS(=O)(=O)c1ccc2c(c1)N(C(=O)C(C)CN)CC2.Cl. The number of halogens is 1. The molecule has 1 aromatic rings. The Morgan fingerprint density at radius 3 is 2.71 bits per heavy atom. The van der Waals surface area contributed by atoms with Gasteiger partial charge in [-0.25, -0.2) is 13.1 Å². The lowest BCUT2D eigenvalue weighted by Crippen LogP contribution is -2.36. The topological polar surface area (TPSA) is 92.5 Å². The van der Waals surface area contributed by atoms with Gasteiger partial charge in [0, 0.05) is 24.7 Å². The van der Waals surface area contributed by atoms with Gasteiger partial charge in [-0.1, -0.05) is 13.0 Å². The van der Waals surface area contributed by atoms with Crippen LogP contribution in [-0.2, 0) is 21.2 Å². The molecule has 0 aromatic heterocycles. The number of rotatable bonds is 4. The van der Waals surface area contributed by atoms with Gasteiger partial charge < -0.3 is 10.6 Å². The van der Waals surface area contributed by atoms with Crippen molar-refractivity contribution in [1.29, 1.82) is 0 Å². The normalized spacial score (nSPS) is 15.3. The molecule has 0 fully saturated rings. The second-order valence-corrected chi connectivity index (χ2v) is 6.76. The molecular formula is C13H20ClN3O3S. The molecule has 1 amide bonds. The van der Waals surface area contributed by atoms with E-state index >= 15 is 0 Å². The summed E-state index contributed by atoms with van der Waals surface area (Å²) in [6.45, 7) is 2.62. The van der Waals surface area contributed by atoms with Crippen molar-refractivity contribution in [2.24, 2.45) is 11.7 Å². The molecule has 1 heterocycles. The monoisotopic (exact) mass is 333 g/mol. The lowest BCUT2D eigenvalue weighted by atomic mass is 10.1. The summed E-state index contributed by atoms with van der Waals surface area (Å²) in [4.78, 5) is 14.0. The van der Waals surface area contributed by atoms with Crippen LogP contribution in [0.15, 0.2) is 23.1 Å². The first-order chi connectivity index (χ1) is 9.40. The number of amides is 1. The molecule has 0 saturated heterocycles. The number of nitrogens with one attached hydrogen (secondary N) is 1. The number of fused-ring (bicyclic) bond motifs is 1. The molecule has 3 N–H and O–H groups in total. The molecular weight excluding hydrogens is 314 g/mol. The van der Waals surface area contributed by atoms with Gasteiger partial charge in [-0.3, -0.25) is 4.79 Å². The van der Waals surface area contributed by atoms with E-state index in [0.717, 1.165) is 12.0 Å². The molecule has 21 heavy (non-hydrogen) atoms. The number of carbonyl (C=O) groups is 1. The van der Waals surface area contributed by atoms with E-state index in [0.29, 0.717) is 12.2 Å². The lowest BCUT2D eigenvalue weighted by molar-refractivity contribution is -0.121. The maximum absolute atomic E-state index is 12.3. The first kappa shape index (κ1) is 17.9. The molecule has 1 atom stereocenters. The zero-order chi connectivity index (χ0) is 14.9. The van der Waals surface area contributed by atoms with Crippen LogP contribution in [0, 0.1) is 5.92 Å². The molecule has 0 bridgehead atoms. The molecule has 1 aliphatic heterocycles. The fourth-order valence-corrected chi connectivity index (χ4v) is 2.99. The Morgan fingerprint density at radius 1 is 1.48 bits per heavy atom. The maximum Gasteiger partial charge on any atom is 0.240 e. The van der Waals surface area contributed by atoms with Crippen LogP contribution in [-0.4, -0.2) is 34.5 Å². The van der Waals surface area contributed by atoms with E-state index in [1.165, 1.54) is 7.05 Å². The first-order valence-electron chi connectivity index (χ1n) is 6.48. The molecule has 1 unspecified atom stereocenters. The Morgan fingerprint density at radius 2 is 2.14 bits per heavy atom. The molecule has 6 nitrogen and oxygen atoms in total. The molecule has 2 rings (SSSR count). The molecule has 118 valence electrons. The van der Waals surface area contributed by atoms with Crippen LogP contribution in [0.25, 0.3) is 0 Å². The van der Waals surface area contributed by atoms with Gasteiger partial charge in [0.25, 0.3) is 0 Å². The third-order valence-corrected chi connectivity index (χ3v) is 4.98. The van der Waals surface area contributed by atoms with Crippen LogP contribution in [0.1, 0.15) is 12.5 Å². The minimum Gasteiger partial charge on any atom is -0.330 e. The van der Waals surface area contributed by atoms with Gasteiger partial charge in [-0.2, -0.15) is 0 Å². The van der Waals surface area contributed by atoms with E-state index in [9.17, 15) is 13.2 Å². The fraction of sp³-hybridized carbons (Fsp3) is 0.462. The summed E-state index contributed by atoms with van der Waals surface area (Å²) in [5, 5.41) is 0. The highest BCUT2D eigenvalue weighted by Gasteiger charge is 2.28. The second kappa shape index (κ2) is 6.74. The zero-order valence-electron chi connectivity index (χ0n) is 12.0. The highest BCUT2D eigenvalue weighted by Crippen LogP contribution is 2.31. The van der Waals surface area contributed by atoms with E-state index in [-0.39, 0.29) is 35.7 Å². The van der Waals surface area contributed by atoms with Crippen LogP contribution in [0.4, 0.5) is 5.69 Å². The molecule has 0 radical (unpaired) electrons. The van der Waals surface area contributed by atoms with Gasteiger partial charge in [0.15, 0.2) is 0 Å². The first-order valence-corrected chi connectivity index (χ1v) is 7.97. The average molecular weight is 334 g/mol. The largest absolute Gasteiger partial charge is 0.330 e. The van der Waals surface area contributed by atoms with Gasteiger partial charge in [-0.05, 0) is 31.2 Å². The van der Waals surface area contributed by atoms with E-state index < -0.39 is 10.0 Å². The Bertz CT molecular complexity index is 634. The minimum atomic E-state index is -3.51. The van der Waals surface area contributed by atoms with Crippen LogP contribution >= 0.6 is 12.4 Å². The van der Waals surface area contributed by atoms with Crippen LogP contribution in [0.3, 0.4) is 0 Å².